The molecule has 2 aromatic heterocycles. The van der Waals surface area contributed by atoms with Crippen molar-refractivity contribution in [3.05, 3.63) is 6.33 Å². The Kier molecular flexibility index (Phi) is 8.96. The minimum atomic E-state index is -3.11. The third-order valence-electron chi connectivity index (χ3n) is 5.90. The van der Waals surface area contributed by atoms with E-state index in [-0.39, 0.29) is 35.7 Å². The molecule has 6 unspecified atom stereocenters. The van der Waals surface area contributed by atoms with Gasteiger partial charge in [0.15, 0.2) is 35.8 Å². The molecule has 206 valence electrons. The minimum Gasteiger partial charge on any atom is -0.476 e. The van der Waals surface area contributed by atoms with Gasteiger partial charge in [0.2, 0.25) is 11.8 Å². The van der Waals surface area contributed by atoms with Crippen molar-refractivity contribution in [1.82, 2.24) is 24.6 Å². The molecule has 0 amide bonds. The number of alkyl halides is 2. The maximum Gasteiger partial charge on any atom is 0.614 e. The third-order valence-corrected chi connectivity index (χ3v) is 6.86. The fourth-order valence-corrected chi connectivity index (χ4v) is 4.58. The van der Waals surface area contributed by atoms with Gasteiger partial charge in [-0.3, -0.25) is 9.36 Å². The number of carbonyl (C=O) groups excluding carboxylic acids is 1. The van der Waals surface area contributed by atoms with E-state index in [1.54, 1.807) is 6.92 Å². The van der Waals surface area contributed by atoms with Crippen LogP contribution in [0.3, 0.4) is 0 Å². The zero-order chi connectivity index (χ0) is 27.5. The van der Waals surface area contributed by atoms with Crippen molar-refractivity contribution >= 4 is 31.3 Å². The van der Waals surface area contributed by atoms with Gasteiger partial charge in [0.05, 0.1) is 12.9 Å². The number of halogens is 2. The molecule has 0 aliphatic carbocycles. The molecule has 0 saturated carbocycles. The summed E-state index contributed by atoms with van der Waals surface area (Å²) in [6, 6.07) is -1.03. The lowest BCUT2D eigenvalue weighted by atomic mass is 9.97. The average molecular weight is 549 g/mol. The first-order chi connectivity index (χ1) is 17.4. The lowest BCUT2D eigenvalue weighted by Crippen LogP contribution is -2.46. The Labute approximate surface area is 213 Å². The molecule has 3 heterocycles. The van der Waals surface area contributed by atoms with Gasteiger partial charge in [-0.05, 0) is 38.2 Å². The predicted molar refractivity (Wildman–Crippen MR) is 127 cm³/mol. The Balaban J connectivity index is 1.73. The van der Waals surface area contributed by atoms with Crippen molar-refractivity contribution in [3.8, 4) is 5.88 Å². The third kappa shape index (κ3) is 5.96. The van der Waals surface area contributed by atoms with E-state index in [4.69, 9.17) is 24.5 Å². The van der Waals surface area contributed by atoms with Crippen LogP contribution >= 0.6 is 8.18 Å². The number of esters is 1. The van der Waals surface area contributed by atoms with E-state index in [1.165, 1.54) is 6.92 Å². The summed E-state index contributed by atoms with van der Waals surface area (Å²) in [4.78, 5) is 24.2. The van der Waals surface area contributed by atoms with Crippen LogP contribution in [0.2, 0.25) is 0 Å². The molecule has 1 aliphatic heterocycles. The predicted octanol–water partition coefficient (Wildman–Crippen LogP) is 2.47. The number of imidazole rings is 1. The van der Waals surface area contributed by atoms with Gasteiger partial charge in [-0.2, -0.15) is 9.97 Å². The van der Waals surface area contributed by atoms with Crippen molar-refractivity contribution in [2.24, 2.45) is 0 Å². The first kappa shape index (κ1) is 29.0. The summed E-state index contributed by atoms with van der Waals surface area (Å²) < 4.78 is 65.6. The Morgan fingerprint density at radius 3 is 2.65 bits per heavy atom. The summed E-state index contributed by atoms with van der Waals surface area (Å²) in [5.41, 5.74) is 3.12. The van der Waals surface area contributed by atoms with Crippen LogP contribution in [0.25, 0.3) is 11.2 Å². The number of hydrogen-bond donors (Lipinski definition) is 3. The number of aromatic nitrogens is 4. The molecular weight excluding hydrogens is 517 g/mol. The molecule has 37 heavy (non-hydrogen) atoms. The van der Waals surface area contributed by atoms with Crippen molar-refractivity contribution in [1.29, 1.82) is 0 Å². The van der Waals surface area contributed by atoms with Gasteiger partial charge in [0.25, 0.3) is 5.85 Å². The zero-order valence-corrected chi connectivity index (χ0v) is 22.1. The van der Waals surface area contributed by atoms with Crippen LogP contribution in [0.5, 0.6) is 5.88 Å². The summed E-state index contributed by atoms with van der Waals surface area (Å²) in [7, 11) is -2.81. The number of fused-ring (bicyclic) bond motifs is 1. The molecule has 0 radical (unpaired) electrons. The number of aliphatic hydroxyl groups is 1. The fraction of sp³-hybridized carbons (Fsp3) is 0.714. The molecule has 16 heteroatoms. The van der Waals surface area contributed by atoms with Crippen LogP contribution < -0.4 is 15.6 Å². The van der Waals surface area contributed by atoms with Gasteiger partial charge >= 0.3 is 14.1 Å². The molecule has 13 nitrogen and oxygen atoms in total. The number of nitrogens with zero attached hydrogens (tertiary/aromatic N) is 4. The Morgan fingerprint density at radius 1 is 1.35 bits per heavy atom. The van der Waals surface area contributed by atoms with Crippen LogP contribution in [-0.2, 0) is 23.4 Å². The topological polar surface area (TPSA) is 173 Å². The monoisotopic (exact) mass is 549 g/mol. The van der Waals surface area contributed by atoms with E-state index in [1.807, 2.05) is 13.8 Å². The number of hydrogen-bond acceptors (Lipinski definition) is 11. The van der Waals surface area contributed by atoms with Crippen molar-refractivity contribution in [3.63, 3.8) is 0 Å². The molecule has 0 spiro atoms. The number of nitrogen functional groups attached to an aromatic ring is 1. The first-order valence-corrected chi connectivity index (χ1v) is 13.0. The average Bonchev–Trinajstić information content (AvgIpc) is 3.34. The maximum atomic E-state index is 15.7. The second kappa shape index (κ2) is 11.4. The second-order valence-corrected chi connectivity index (χ2v) is 9.74. The van der Waals surface area contributed by atoms with Gasteiger partial charge in [0.1, 0.15) is 12.1 Å². The van der Waals surface area contributed by atoms with E-state index in [9.17, 15) is 14.5 Å². The van der Waals surface area contributed by atoms with Gasteiger partial charge in [-0.1, -0.05) is 18.9 Å². The van der Waals surface area contributed by atoms with Crippen LogP contribution in [0.15, 0.2) is 6.33 Å². The largest absolute Gasteiger partial charge is 0.614 e. The molecule has 6 atom stereocenters. The van der Waals surface area contributed by atoms with E-state index >= 15 is 8.78 Å². The molecule has 2 aromatic rings. The zero-order valence-electron chi connectivity index (χ0n) is 21.2. The number of ether oxygens (including phenoxy) is 3. The summed E-state index contributed by atoms with van der Waals surface area (Å²) in [5.74, 6) is -3.94. The molecule has 3 rings (SSSR count). The molecule has 0 aromatic carbocycles. The Hall–Kier alpha value is -2.58. The number of nitrogens with two attached hydrogens (primary N) is 1. The smallest absolute Gasteiger partial charge is 0.476 e. The van der Waals surface area contributed by atoms with Crippen molar-refractivity contribution in [2.45, 2.75) is 83.5 Å². The fourth-order valence-electron chi connectivity index (χ4n) is 3.80. The van der Waals surface area contributed by atoms with Crippen molar-refractivity contribution in [2.75, 3.05) is 18.9 Å². The van der Waals surface area contributed by atoms with Gasteiger partial charge in [-0.25, -0.2) is 13.8 Å². The maximum absolute atomic E-state index is 15.7. The van der Waals surface area contributed by atoms with Crippen LogP contribution in [0, 0.1) is 0 Å². The normalized spacial score (nSPS) is 27.0. The van der Waals surface area contributed by atoms with Gasteiger partial charge < -0.3 is 25.1 Å². The lowest BCUT2D eigenvalue weighted by Gasteiger charge is -2.24. The van der Waals surface area contributed by atoms with Crippen LogP contribution in [0.1, 0.15) is 53.7 Å². The second-order valence-electron chi connectivity index (χ2n) is 8.71. The molecule has 1 saturated heterocycles. The van der Waals surface area contributed by atoms with Crippen LogP contribution in [0.4, 0.5) is 14.7 Å². The summed E-state index contributed by atoms with van der Waals surface area (Å²) in [5, 5.41) is 12.8. The lowest BCUT2D eigenvalue weighted by molar-refractivity contribution is -0.201. The summed E-state index contributed by atoms with van der Waals surface area (Å²) in [6.45, 7) is 6.88. The number of rotatable bonds is 12. The summed E-state index contributed by atoms with van der Waals surface area (Å²) >= 11 is 0. The van der Waals surface area contributed by atoms with E-state index in [2.05, 4.69) is 20.0 Å². The van der Waals surface area contributed by atoms with Crippen LogP contribution in [-0.4, -0.2) is 73.6 Å². The molecule has 0 bridgehead atoms. The Morgan fingerprint density at radius 2 is 2.03 bits per heavy atom. The Bertz CT molecular complexity index is 1130. The standard InChI is InChI=1S/C21H32F2N6O7P/c1-6-12(7-2)35-16(30)11(4)28-37(32)34-9-21(23)17(31)20(5,22)18(36-21)29-10-25-13-14(29)26-19(24)27-15(13)33-8-3/h10-12,17-18,31H,6-9H2,1-5H3,(H,28,32)(H2,24,26,27)/q+1. The number of carbonyl (C=O) groups is 1. The molecule has 1 fully saturated rings. The minimum absolute atomic E-state index is 0.0141. The number of anilines is 1. The van der Waals surface area contributed by atoms with Gasteiger partial charge in [-0.15, -0.1) is 4.52 Å². The highest BCUT2D eigenvalue weighted by molar-refractivity contribution is 7.36. The quantitative estimate of drug-likeness (QED) is 0.261. The molecule has 4 N–H and O–H groups in total. The molecular formula is C21H32F2N6O7P+. The highest BCUT2D eigenvalue weighted by atomic mass is 31.1. The highest BCUT2D eigenvalue weighted by Gasteiger charge is 2.65. The van der Waals surface area contributed by atoms with Crippen molar-refractivity contribution < 1.29 is 42.0 Å². The summed E-state index contributed by atoms with van der Waals surface area (Å²) in [6.07, 6.45) is -2.07. The highest BCUT2D eigenvalue weighted by Crippen LogP contribution is 2.49. The van der Waals surface area contributed by atoms with E-state index < -0.39 is 50.7 Å². The van der Waals surface area contributed by atoms with E-state index in [0.29, 0.717) is 12.8 Å². The number of aliphatic hydroxyl groups excluding tert-OH is 1. The first-order valence-electron chi connectivity index (χ1n) is 11.8. The number of nitrogens with one attached hydrogen (secondary N) is 1. The van der Waals surface area contributed by atoms with E-state index in [0.717, 1.165) is 17.8 Å². The SMILES string of the molecule is CCOc1nc(N)nc2c1ncn2C1OC(F)(CO[P+](=O)NC(C)C(=O)OC(CC)CC)C(O)C1(C)F. The molecule has 1 aliphatic rings. The van der Waals surface area contributed by atoms with Gasteiger partial charge in [0, 0.05) is 0 Å².